The highest BCUT2D eigenvalue weighted by Crippen LogP contribution is 2.20. The minimum atomic E-state index is -2.38. The molecule has 0 heterocycles. The van der Waals surface area contributed by atoms with Crippen molar-refractivity contribution in [1.29, 1.82) is 0 Å². The second-order valence-electron chi connectivity index (χ2n) is 3.88. The van der Waals surface area contributed by atoms with Crippen molar-refractivity contribution in [3.63, 3.8) is 0 Å². The van der Waals surface area contributed by atoms with Crippen molar-refractivity contribution in [2.75, 3.05) is 0 Å². The van der Waals surface area contributed by atoms with E-state index in [4.69, 9.17) is 0 Å². The highest BCUT2D eigenvalue weighted by molar-refractivity contribution is 9.10. The molecule has 0 unspecified atom stereocenters. The van der Waals surface area contributed by atoms with Crippen LogP contribution < -0.4 is 0 Å². The molecule has 0 aliphatic rings. The summed E-state index contributed by atoms with van der Waals surface area (Å²) in [6.07, 6.45) is 1.44. The van der Waals surface area contributed by atoms with Gasteiger partial charge in [-0.25, -0.2) is 8.42 Å². The van der Waals surface area contributed by atoms with Gasteiger partial charge in [-0.15, -0.1) is 0 Å². The van der Waals surface area contributed by atoms with Crippen molar-refractivity contribution in [3.8, 4) is 0 Å². The number of hydrogen-bond acceptors (Lipinski definition) is 3. The zero-order chi connectivity index (χ0) is 12.2. The molecule has 88 valence electrons. The van der Waals surface area contributed by atoms with E-state index in [1.807, 2.05) is 12.1 Å². The molecule has 0 aliphatic heterocycles. The molecule has 3 nitrogen and oxygen atoms in total. The number of carbonyl (C=O) groups is 1. The summed E-state index contributed by atoms with van der Waals surface area (Å²) in [5.41, 5.74) is 1.76. The van der Waals surface area contributed by atoms with Crippen molar-refractivity contribution < 1.29 is 13.2 Å². The fraction of sp³-hybridized carbons (Fsp3) is 0.364. The predicted octanol–water partition coefficient (Wildman–Crippen LogP) is 1.69. The Bertz CT molecular complexity index is 427. The van der Waals surface area contributed by atoms with E-state index in [0.717, 1.165) is 17.4 Å². The zero-order valence-corrected chi connectivity index (χ0v) is 11.3. The first-order valence-corrected chi connectivity index (χ1v) is 6.93. The van der Waals surface area contributed by atoms with E-state index in [0.29, 0.717) is 6.42 Å². The number of rotatable bonds is 5. The summed E-state index contributed by atoms with van der Waals surface area (Å²) >= 11 is 3.31. The lowest BCUT2D eigenvalue weighted by molar-refractivity contribution is -0.109. The average Bonchev–Trinajstić information content (AvgIpc) is 2.20. The van der Waals surface area contributed by atoms with Crippen molar-refractivity contribution in [1.82, 2.24) is 0 Å². The molecule has 0 bridgehead atoms. The van der Waals surface area contributed by atoms with Crippen LogP contribution in [0.3, 0.4) is 0 Å². The minimum Gasteiger partial charge on any atom is -0.302 e. The van der Waals surface area contributed by atoms with Gasteiger partial charge in [-0.2, -0.15) is 0 Å². The summed E-state index contributed by atoms with van der Waals surface area (Å²) in [6, 6.07) is 7.23. The smallest absolute Gasteiger partial charge is 0.144 e. The Balaban J connectivity index is 2.75. The third-order valence-corrected chi connectivity index (χ3v) is 3.22. The lowest BCUT2D eigenvalue weighted by Gasteiger charge is -2.14. The number of alkyl halides is 1. The predicted molar refractivity (Wildman–Crippen MR) is 67.6 cm³/mol. The molecule has 0 radical (unpaired) electrons. The van der Waals surface area contributed by atoms with Gasteiger partial charge >= 0.3 is 0 Å². The second-order valence-corrected chi connectivity index (χ2v) is 6.67. The maximum absolute atomic E-state index is 10.7. The molecule has 0 N–H and O–H groups in total. The lowest BCUT2D eigenvalue weighted by Crippen LogP contribution is -2.20. The van der Waals surface area contributed by atoms with Crippen LogP contribution in [-0.2, 0) is 27.7 Å². The Kier molecular flexibility index (Phi) is 4.68. The first-order valence-electron chi connectivity index (χ1n) is 4.78. The molecular weight excluding hydrogens is 292 g/mol. The third-order valence-electron chi connectivity index (χ3n) is 2.13. The standard InChI is InChI=1S/C11H13BrO3S/c1-11(12,8-13)6-9-2-4-10(5-3-9)7-16(14)15/h2-5,8,16H,6-7H2,1H3/t11-/m0/s1. The fourth-order valence-corrected chi connectivity index (χ4v) is 2.19. The number of halogens is 1. The quantitative estimate of drug-likeness (QED) is 0.512. The Hall–Kier alpha value is -0.680. The SMILES string of the molecule is C[C@@](Br)(C=O)Cc1ccc(C[SH](=O)=O)cc1. The summed E-state index contributed by atoms with van der Waals surface area (Å²) in [4.78, 5) is 10.7. The largest absolute Gasteiger partial charge is 0.302 e. The molecule has 0 spiro atoms. The summed E-state index contributed by atoms with van der Waals surface area (Å²) in [5.74, 6) is 0.0644. The van der Waals surface area contributed by atoms with Crippen LogP contribution in [0.4, 0.5) is 0 Å². The van der Waals surface area contributed by atoms with Crippen molar-refractivity contribution in [2.45, 2.75) is 23.4 Å². The molecule has 16 heavy (non-hydrogen) atoms. The fourth-order valence-electron chi connectivity index (χ4n) is 1.35. The van der Waals surface area contributed by atoms with Gasteiger partial charge in [0.15, 0.2) is 0 Å². The topological polar surface area (TPSA) is 51.2 Å². The van der Waals surface area contributed by atoms with Gasteiger partial charge in [-0.1, -0.05) is 40.2 Å². The van der Waals surface area contributed by atoms with Crippen molar-refractivity contribution in [3.05, 3.63) is 35.4 Å². The van der Waals surface area contributed by atoms with Crippen molar-refractivity contribution in [2.24, 2.45) is 0 Å². The summed E-state index contributed by atoms with van der Waals surface area (Å²) in [6.45, 7) is 1.79. The number of thiol groups is 1. The zero-order valence-electron chi connectivity index (χ0n) is 8.85. The van der Waals surface area contributed by atoms with Crippen LogP contribution in [0, 0.1) is 0 Å². The minimum absolute atomic E-state index is 0.0644. The van der Waals surface area contributed by atoms with Crippen LogP contribution in [0.2, 0.25) is 0 Å². The van der Waals surface area contributed by atoms with E-state index >= 15 is 0 Å². The number of hydrogen-bond donors (Lipinski definition) is 1. The molecule has 0 aromatic heterocycles. The highest BCUT2D eigenvalue weighted by atomic mass is 79.9. The molecule has 5 heteroatoms. The lowest BCUT2D eigenvalue weighted by atomic mass is 10.0. The molecular formula is C11H13BrO3S. The van der Waals surface area contributed by atoms with Gasteiger partial charge in [0.2, 0.25) is 0 Å². The Labute approximate surface area is 105 Å². The van der Waals surface area contributed by atoms with Gasteiger partial charge in [0, 0.05) is 0 Å². The van der Waals surface area contributed by atoms with Crippen LogP contribution >= 0.6 is 15.9 Å². The van der Waals surface area contributed by atoms with Gasteiger partial charge in [-0.3, -0.25) is 0 Å². The van der Waals surface area contributed by atoms with E-state index in [1.54, 1.807) is 19.1 Å². The second kappa shape index (κ2) is 5.59. The van der Waals surface area contributed by atoms with Crippen LogP contribution in [-0.4, -0.2) is 19.0 Å². The first-order chi connectivity index (χ1) is 7.43. The van der Waals surface area contributed by atoms with E-state index in [-0.39, 0.29) is 5.75 Å². The maximum Gasteiger partial charge on any atom is 0.144 e. The van der Waals surface area contributed by atoms with Gasteiger partial charge in [-0.05, 0) is 24.5 Å². The van der Waals surface area contributed by atoms with Gasteiger partial charge < -0.3 is 4.79 Å². The normalized spacial score (nSPS) is 14.7. The van der Waals surface area contributed by atoms with Gasteiger partial charge in [0.25, 0.3) is 0 Å². The van der Waals surface area contributed by atoms with Crippen LogP contribution in [0.15, 0.2) is 24.3 Å². The molecule has 1 aromatic rings. The number of aldehydes is 1. The molecule has 0 aliphatic carbocycles. The average molecular weight is 305 g/mol. The van der Waals surface area contributed by atoms with E-state index in [9.17, 15) is 13.2 Å². The van der Waals surface area contributed by atoms with E-state index in [2.05, 4.69) is 15.9 Å². The van der Waals surface area contributed by atoms with Crippen molar-refractivity contribution >= 4 is 32.9 Å². The van der Waals surface area contributed by atoms with E-state index < -0.39 is 15.0 Å². The molecule has 1 rings (SSSR count). The highest BCUT2D eigenvalue weighted by Gasteiger charge is 2.19. The van der Waals surface area contributed by atoms with E-state index in [1.165, 1.54) is 0 Å². The molecule has 0 saturated heterocycles. The maximum atomic E-state index is 10.7. The monoisotopic (exact) mass is 304 g/mol. The van der Waals surface area contributed by atoms with Crippen LogP contribution in [0.5, 0.6) is 0 Å². The third kappa shape index (κ3) is 4.45. The number of carbonyl (C=O) groups excluding carboxylic acids is 1. The van der Waals surface area contributed by atoms with Gasteiger partial charge in [0.05, 0.1) is 10.1 Å². The summed E-state index contributed by atoms with van der Waals surface area (Å²) in [5, 5.41) is 0. The molecule has 0 fully saturated rings. The molecule has 1 aromatic carbocycles. The molecule has 0 amide bonds. The van der Waals surface area contributed by atoms with Gasteiger partial charge in [0.1, 0.15) is 17.0 Å². The molecule has 1 atom stereocenters. The van der Waals surface area contributed by atoms with Crippen LogP contribution in [0.1, 0.15) is 18.1 Å². The Morgan fingerprint density at radius 3 is 2.19 bits per heavy atom. The number of benzene rings is 1. The summed E-state index contributed by atoms with van der Waals surface area (Å²) < 4.78 is 20.5. The molecule has 0 saturated carbocycles. The van der Waals surface area contributed by atoms with Crippen LogP contribution in [0.25, 0.3) is 0 Å². The Morgan fingerprint density at radius 2 is 1.75 bits per heavy atom. The Morgan fingerprint density at radius 1 is 1.25 bits per heavy atom. The summed E-state index contributed by atoms with van der Waals surface area (Å²) in [7, 11) is -2.38. The first kappa shape index (κ1) is 13.4.